The molecule has 3 aromatic rings. The van der Waals surface area contributed by atoms with E-state index < -0.39 is 0 Å². The summed E-state index contributed by atoms with van der Waals surface area (Å²) in [7, 11) is 4.13. The first-order chi connectivity index (χ1) is 15.4. The zero-order chi connectivity index (χ0) is 21.9. The second kappa shape index (κ2) is 7.22. The number of benzene rings is 1. The minimum absolute atomic E-state index is 0.0548. The van der Waals surface area contributed by atoms with E-state index in [-0.39, 0.29) is 5.41 Å². The number of carbonyl (C=O) groups is 1. The van der Waals surface area contributed by atoms with Crippen LogP contribution in [0.5, 0.6) is 0 Å². The Balaban J connectivity index is 1.11. The van der Waals surface area contributed by atoms with E-state index >= 15 is 0 Å². The second-order valence-electron chi connectivity index (χ2n) is 10.6. The van der Waals surface area contributed by atoms with E-state index in [0.29, 0.717) is 17.6 Å². The van der Waals surface area contributed by atoms with E-state index in [2.05, 4.69) is 51.2 Å². The van der Waals surface area contributed by atoms with Crippen molar-refractivity contribution in [2.24, 2.45) is 17.9 Å². The highest BCUT2D eigenvalue weighted by Crippen LogP contribution is 2.74. The number of aromatic nitrogens is 3. The summed E-state index contributed by atoms with van der Waals surface area (Å²) in [4.78, 5) is 22.8. The molecular formula is C26H31N5O. The Morgan fingerprint density at radius 2 is 1.75 bits per heavy atom. The number of carbonyl (C=O) groups excluding carboxylic acids is 1. The first-order valence-corrected chi connectivity index (χ1v) is 11.7. The number of hydrogen-bond acceptors (Lipinski definition) is 5. The lowest BCUT2D eigenvalue weighted by molar-refractivity contribution is -0.212. The molecule has 3 saturated carbocycles. The maximum absolute atomic E-state index is 13.2. The molecule has 6 heteroatoms. The fraction of sp³-hybridized carbons (Fsp3) is 0.500. The molecule has 0 N–H and O–H groups in total. The van der Waals surface area contributed by atoms with Crippen LogP contribution < -0.4 is 0 Å². The van der Waals surface area contributed by atoms with Crippen LogP contribution in [-0.2, 0) is 18.3 Å². The lowest BCUT2D eigenvalue weighted by Crippen LogP contribution is -2.69. The standard InChI is InChI=1S/C26H31N5O/c1-29-5-7-31(8-6-29)18-25-15-26(16-25,17-25)24(32)11-23-10-21-9-19(3-4-20(21)12-27-23)22-13-28-30(2)14-22/h3-4,9-10,12-14H,5-8,11,15-18H2,1-2H3. The molecule has 2 aromatic heterocycles. The Morgan fingerprint density at radius 1 is 0.969 bits per heavy atom. The first-order valence-electron chi connectivity index (χ1n) is 11.7. The lowest BCUT2D eigenvalue weighted by Gasteiger charge is -2.71. The van der Waals surface area contributed by atoms with Crippen LogP contribution in [0.3, 0.4) is 0 Å². The zero-order valence-electron chi connectivity index (χ0n) is 19.0. The Bertz CT molecular complexity index is 1170. The maximum atomic E-state index is 13.2. The molecule has 7 rings (SSSR count). The smallest absolute Gasteiger partial charge is 0.145 e. The Morgan fingerprint density at radius 3 is 2.47 bits per heavy atom. The summed E-state index contributed by atoms with van der Waals surface area (Å²) in [5.74, 6) is 0.396. The van der Waals surface area contributed by atoms with Crippen molar-refractivity contribution in [2.45, 2.75) is 25.7 Å². The summed E-state index contributed by atoms with van der Waals surface area (Å²) in [6.45, 7) is 5.84. The molecule has 1 aromatic carbocycles. The minimum Gasteiger partial charge on any atom is -0.304 e. The van der Waals surface area contributed by atoms with Crippen molar-refractivity contribution in [3.05, 3.63) is 48.5 Å². The van der Waals surface area contributed by atoms with Crippen LogP contribution in [0.4, 0.5) is 0 Å². The number of ketones is 1. The first kappa shape index (κ1) is 20.1. The van der Waals surface area contributed by atoms with E-state index in [1.807, 2.05) is 30.3 Å². The fourth-order valence-electron chi connectivity index (χ4n) is 6.33. The zero-order valence-corrected chi connectivity index (χ0v) is 19.0. The van der Waals surface area contributed by atoms with Crippen molar-refractivity contribution in [2.75, 3.05) is 39.8 Å². The SMILES string of the molecule is CN1CCN(CC23CC(C(=O)Cc4cc5cc(-c6cnn(C)c6)ccc5cn4)(C2)C3)CC1. The van der Waals surface area contributed by atoms with Gasteiger partial charge >= 0.3 is 0 Å². The third kappa shape index (κ3) is 3.37. The Labute approximate surface area is 189 Å². The predicted molar refractivity (Wildman–Crippen MR) is 125 cm³/mol. The predicted octanol–water partition coefficient (Wildman–Crippen LogP) is 3.16. The molecule has 0 spiro atoms. The Hall–Kier alpha value is -2.57. The number of piperazine rings is 1. The number of likely N-dealkylation sites (N-methyl/N-ethyl adjacent to an activating group) is 1. The van der Waals surface area contributed by atoms with Gasteiger partial charge in [0.25, 0.3) is 0 Å². The highest BCUT2D eigenvalue weighted by Gasteiger charge is 2.70. The maximum Gasteiger partial charge on any atom is 0.145 e. The van der Waals surface area contributed by atoms with E-state index in [4.69, 9.17) is 0 Å². The molecule has 166 valence electrons. The molecule has 3 heterocycles. The van der Waals surface area contributed by atoms with E-state index in [0.717, 1.165) is 59.9 Å². The van der Waals surface area contributed by atoms with Gasteiger partial charge in [0.2, 0.25) is 0 Å². The summed E-state index contributed by atoms with van der Waals surface area (Å²) in [5.41, 5.74) is 3.49. The highest BCUT2D eigenvalue weighted by molar-refractivity contribution is 5.91. The summed E-state index contributed by atoms with van der Waals surface area (Å²) in [5, 5.41) is 6.51. The molecule has 2 bridgehead atoms. The van der Waals surface area contributed by atoms with Crippen LogP contribution in [-0.4, -0.2) is 70.1 Å². The van der Waals surface area contributed by atoms with Crippen LogP contribution in [0, 0.1) is 10.8 Å². The van der Waals surface area contributed by atoms with Crippen molar-refractivity contribution >= 4 is 16.6 Å². The summed E-state index contributed by atoms with van der Waals surface area (Å²) in [6.07, 6.45) is 9.53. The number of aryl methyl sites for hydroxylation is 1. The molecule has 6 nitrogen and oxygen atoms in total. The van der Waals surface area contributed by atoms with Gasteiger partial charge in [0.15, 0.2) is 0 Å². The molecule has 0 atom stereocenters. The van der Waals surface area contributed by atoms with Crippen LogP contribution in [0.15, 0.2) is 42.9 Å². The third-order valence-corrected chi connectivity index (χ3v) is 8.04. The van der Waals surface area contributed by atoms with Crippen LogP contribution in [0.2, 0.25) is 0 Å². The van der Waals surface area contributed by atoms with Crippen molar-refractivity contribution in [3.63, 3.8) is 0 Å². The number of Topliss-reactive ketones (excluding diaryl/α,β-unsaturated/α-hetero) is 1. The lowest BCUT2D eigenvalue weighted by atomic mass is 9.33. The van der Waals surface area contributed by atoms with Crippen molar-refractivity contribution < 1.29 is 4.79 Å². The van der Waals surface area contributed by atoms with Crippen LogP contribution >= 0.6 is 0 Å². The van der Waals surface area contributed by atoms with Crippen molar-refractivity contribution in [1.82, 2.24) is 24.6 Å². The van der Waals surface area contributed by atoms with Crippen LogP contribution in [0.25, 0.3) is 21.9 Å². The molecular weight excluding hydrogens is 398 g/mol. The summed E-state index contributed by atoms with van der Waals surface area (Å²) >= 11 is 0. The fourth-order valence-corrected chi connectivity index (χ4v) is 6.33. The monoisotopic (exact) mass is 429 g/mol. The average molecular weight is 430 g/mol. The molecule has 1 saturated heterocycles. The highest BCUT2D eigenvalue weighted by atomic mass is 16.1. The average Bonchev–Trinajstić information content (AvgIpc) is 3.16. The van der Waals surface area contributed by atoms with E-state index in [1.165, 1.54) is 19.6 Å². The molecule has 0 amide bonds. The van der Waals surface area contributed by atoms with Crippen molar-refractivity contribution in [3.8, 4) is 11.1 Å². The minimum atomic E-state index is -0.0548. The van der Waals surface area contributed by atoms with Gasteiger partial charge in [0.05, 0.1) is 6.20 Å². The molecule has 3 aliphatic carbocycles. The molecule has 0 unspecified atom stereocenters. The van der Waals surface area contributed by atoms with Gasteiger partial charge in [-0.15, -0.1) is 0 Å². The van der Waals surface area contributed by atoms with Gasteiger partial charge in [-0.05, 0) is 54.8 Å². The largest absolute Gasteiger partial charge is 0.304 e. The van der Waals surface area contributed by atoms with Gasteiger partial charge < -0.3 is 9.80 Å². The summed E-state index contributed by atoms with van der Waals surface area (Å²) < 4.78 is 1.82. The van der Waals surface area contributed by atoms with Gasteiger partial charge in [0.1, 0.15) is 5.78 Å². The van der Waals surface area contributed by atoms with Gasteiger partial charge in [-0.2, -0.15) is 5.10 Å². The van der Waals surface area contributed by atoms with Gasteiger partial charge in [-0.1, -0.05) is 12.1 Å². The Kier molecular flexibility index (Phi) is 4.53. The number of nitrogens with zero attached hydrogens (tertiary/aromatic N) is 5. The molecule has 4 fully saturated rings. The van der Waals surface area contributed by atoms with Gasteiger partial charge in [-0.25, -0.2) is 0 Å². The van der Waals surface area contributed by atoms with Crippen molar-refractivity contribution in [1.29, 1.82) is 0 Å². The molecule has 4 aliphatic rings. The quantitative estimate of drug-likeness (QED) is 0.603. The number of fused-ring (bicyclic) bond motifs is 1. The molecule has 32 heavy (non-hydrogen) atoms. The van der Waals surface area contributed by atoms with E-state index in [9.17, 15) is 4.79 Å². The van der Waals surface area contributed by atoms with Gasteiger partial charge in [-0.3, -0.25) is 14.5 Å². The molecule has 1 aliphatic heterocycles. The topological polar surface area (TPSA) is 54.3 Å². The molecule has 0 radical (unpaired) electrons. The third-order valence-electron chi connectivity index (χ3n) is 8.04. The number of rotatable bonds is 6. The summed E-state index contributed by atoms with van der Waals surface area (Å²) in [6, 6.07) is 8.47. The number of hydrogen-bond donors (Lipinski definition) is 0. The normalized spacial score (nSPS) is 27.8. The second-order valence-corrected chi connectivity index (χ2v) is 10.6. The number of pyridine rings is 1. The van der Waals surface area contributed by atoms with E-state index in [1.54, 1.807) is 0 Å². The van der Waals surface area contributed by atoms with Crippen LogP contribution in [0.1, 0.15) is 25.0 Å². The van der Waals surface area contributed by atoms with Gasteiger partial charge in [0, 0.05) is 80.6 Å².